The lowest BCUT2D eigenvalue weighted by atomic mass is 9.91. The van der Waals surface area contributed by atoms with Crippen LogP contribution in [-0.4, -0.2) is 29.9 Å². The highest BCUT2D eigenvalue weighted by Crippen LogP contribution is 2.38. The van der Waals surface area contributed by atoms with E-state index in [1.54, 1.807) is 12.1 Å². The number of rotatable bonds is 8. The fraction of sp³-hybridized carbons (Fsp3) is 0.286. The second-order valence-corrected chi connectivity index (χ2v) is 8.76. The van der Waals surface area contributed by atoms with Gasteiger partial charge in [-0.05, 0) is 79.6 Å². The van der Waals surface area contributed by atoms with Gasteiger partial charge in [0.1, 0.15) is 5.82 Å². The molecule has 0 atom stereocenters. The summed E-state index contributed by atoms with van der Waals surface area (Å²) in [6, 6.07) is 12.0. The van der Waals surface area contributed by atoms with Crippen LogP contribution in [0.5, 0.6) is 0 Å². The van der Waals surface area contributed by atoms with Gasteiger partial charge in [0.15, 0.2) is 5.78 Å². The molecule has 2 N–H and O–H groups in total. The molecule has 7 heteroatoms. The van der Waals surface area contributed by atoms with Crippen LogP contribution < -0.4 is 5.32 Å². The highest BCUT2D eigenvalue weighted by atomic mass is 19.1. The van der Waals surface area contributed by atoms with E-state index in [4.69, 9.17) is 9.78 Å². The summed E-state index contributed by atoms with van der Waals surface area (Å²) >= 11 is 0. The van der Waals surface area contributed by atoms with Crippen LogP contribution in [0, 0.1) is 5.82 Å². The molecule has 2 aliphatic rings. The molecule has 0 saturated heterocycles. The first kappa shape index (κ1) is 23.2. The molecule has 5 rings (SSSR count). The Bertz CT molecular complexity index is 1310. The summed E-state index contributed by atoms with van der Waals surface area (Å²) in [5.74, 6) is -0.347. The summed E-state index contributed by atoms with van der Waals surface area (Å²) in [5.41, 5.74) is 7.20. The molecule has 1 amide bonds. The quantitative estimate of drug-likeness (QED) is 0.189. The van der Waals surface area contributed by atoms with Gasteiger partial charge in [-0.2, -0.15) is 0 Å². The first-order chi connectivity index (χ1) is 17.0. The Morgan fingerprint density at radius 2 is 1.83 bits per heavy atom. The van der Waals surface area contributed by atoms with E-state index < -0.39 is 0 Å². The van der Waals surface area contributed by atoms with Crippen LogP contribution in [0.2, 0.25) is 0 Å². The number of carbonyl (C=O) groups excluding carboxylic acids is 2. The van der Waals surface area contributed by atoms with Crippen LogP contribution >= 0.6 is 0 Å². The zero-order valence-corrected chi connectivity index (χ0v) is 19.6. The topological polar surface area (TPSA) is 80.4 Å². The zero-order valence-electron chi connectivity index (χ0n) is 19.6. The number of fused-ring (bicyclic) bond motifs is 2. The number of halogens is 1. The van der Waals surface area contributed by atoms with Gasteiger partial charge in [-0.1, -0.05) is 18.2 Å². The molecule has 1 aliphatic heterocycles. The number of nitrogens with one attached hydrogen (secondary N) is 2. The smallest absolute Gasteiger partial charge is 0.256 e. The third-order valence-electron chi connectivity index (χ3n) is 6.45. The van der Waals surface area contributed by atoms with E-state index in [1.807, 2.05) is 31.2 Å². The Balaban J connectivity index is 1.52. The molecular weight excluding hydrogens is 447 g/mol. The third kappa shape index (κ3) is 4.70. The van der Waals surface area contributed by atoms with Crippen molar-refractivity contribution in [2.45, 2.75) is 39.0 Å². The predicted octanol–water partition coefficient (Wildman–Crippen LogP) is 5.73. The number of hydrogen-bond donors (Lipinski definition) is 2. The molecule has 0 bridgehead atoms. The average Bonchev–Trinajstić information content (AvgIpc) is 3.37. The summed E-state index contributed by atoms with van der Waals surface area (Å²) in [6.07, 6.45) is 5.33. The standard InChI is InChI=1S/C28H27FN2O4/c1-2-34-35-14-4-5-20-25(30-24-6-3-7-26(32)27(20)24)16-22-21-15-18(10-13-23(21)31-28(22)33)17-8-11-19(29)12-9-17/h8-13,15-16,30H,2-7,14H2,1H3,(H,31,33)/b22-16-. The summed E-state index contributed by atoms with van der Waals surface area (Å²) in [5, 5.41) is 2.93. The number of aromatic nitrogens is 1. The maximum Gasteiger partial charge on any atom is 0.256 e. The highest BCUT2D eigenvalue weighted by Gasteiger charge is 2.28. The predicted molar refractivity (Wildman–Crippen MR) is 132 cm³/mol. The van der Waals surface area contributed by atoms with E-state index >= 15 is 0 Å². The molecule has 0 unspecified atom stereocenters. The van der Waals surface area contributed by atoms with Crippen molar-refractivity contribution in [2.75, 3.05) is 18.5 Å². The Morgan fingerprint density at radius 1 is 1.03 bits per heavy atom. The fourth-order valence-electron chi connectivity index (χ4n) is 4.82. The molecule has 35 heavy (non-hydrogen) atoms. The van der Waals surface area contributed by atoms with Crippen molar-refractivity contribution in [1.82, 2.24) is 4.98 Å². The van der Waals surface area contributed by atoms with Crippen LogP contribution in [0.25, 0.3) is 22.8 Å². The summed E-state index contributed by atoms with van der Waals surface area (Å²) in [6.45, 7) is 2.75. The molecule has 2 heterocycles. The highest BCUT2D eigenvalue weighted by molar-refractivity contribution is 6.35. The van der Waals surface area contributed by atoms with Crippen molar-refractivity contribution in [2.24, 2.45) is 0 Å². The number of ketones is 1. The Kier molecular flexibility index (Phi) is 6.61. The van der Waals surface area contributed by atoms with Crippen molar-refractivity contribution in [3.63, 3.8) is 0 Å². The first-order valence-corrected chi connectivity index (χ1v) is 12.0. The molecule has 3 aromatic rings. The third-order valence-corrected chi connectivity index (χ3v) is 6.45. The van der Waals surface area contributed by atoms with Crippen molar-refractivity contribution >= 4 is 29.0 Å². The second-order valence-electron chi connectivity index (χ2n) is 8.76. The van der Waals surface area contributed by atoms with Crippen LogP contribution in [-0.2, 0) is 27.4 Å². The summed E-state index contributed by atoms with van der Waals surface area (Å²) in [7, 11) is 0. The lowest BCUT2D eigenvalue weighted by Crippen LogP contribution is -2.11. The Hall–Kier alpha value is -3.55. The SMILES string of the molecule is CCOOCCCc1c(/C=C2\C(=O)Nc3ccc(-c4ccc(F)cc4)cc32)[nH]c2c1C(=O)CCC2. The fourth-order valence-corrected chi connectivity index (χ4v) is 4.82. The minimum absolute atomic E-state index is 0.141. The normalized spacial score (nSPS) is 15.9. The molecule has 0 fully saturated rings. The van der Waals surface area contributed by atoms with Crippen LogP contribution in [0.15, 0.2) is 42.5 Å². The lowest BCUT2D eigenvalue weighted by Gasteiger charge is -2.11. The van der Waals surface area contributed by atoms with Gasteiger partial charge in [0.05, 0.1) is 18.8 Å². The number of amides is 1. The van der Waals surface area contributed by atoms with Gasteiger partial charge in [0, 0.05) is 34.6 Å². The molecule has 180 valence electrons. The number of anilines is 1. The number of carbonyl (C=O) groups is 2. The van der Waals surface area contributed by atoms with Crippen molar-refractivity contribution in [3.05, 3.63) is 76.4 Å². The van der Waals surface area contributed by atoms with Gasteiger partial charge >= 0.3 is 0 Å². The number of H-pyrrole nitrogens is 1. The minimum atomic E-state index is -0.295. The van der Waals surface area contributed by atoms with E-state index in [0.717, 1.165) is 57.7 Å². The van der Waals surface area contributed by atoms with Gasteiger partial charge < -0.3 is 10.3 Å². The van der Waals surface area contributed by atoms with E-state index in [9.17, 15) is 14.0 Å². The second kappa shape index (κ2) is 9.98. The Morgan fingerprint density at radius 3 is 2.63 bits per heavy atom. The van der Waals surface area contributed by atoms with Gasteiger partial charge in [-0.3, -0.25) is 9.59 Å². The molecule has 6 nitrogen and oxygen atoms in total. The number of hydrogen-bond acceptors (Lipinski definition) is 4. The molecular formula is C28H27FN2O4. The zero-order chi connectivity index (χ0) is 24.4. The van der Waals surface area contributed by atoms with E-state index in [1.165, 1.54) is 12.1 Å². The summed E-state index contributed by atoms with van der Waals surface area (Å²) < 4.78 is 13.4. The molecule has 1 aliphatic carbocycles. The average molecular weight is 475 g/mol. The molecule has 0 spiro atoms. The number of benzene rings is 2. The van der Waals surface area contributed by atoms with Gasteiger partial charge in [-0.25, -0.2) is 14.2 Å². The lowest BCUT2D eigenvalue weighted by molar-refractivity contribution is -0.291. The van der Waals surface area contributed by atoms with Crippen LogP contribution in [0.3, 0.4) is 0 Å². The van der Waals surface area contributed by atoms with Crippen molar-refractivity contribution in [3.8, 4) is 11.1 Å². The molecule has 2 aromatic carbocycles. The number of aryl methyl sites for hydroxylation is 1. The monoisotopic (exact) mass is 474 g/mol. The summed E-state index contributed by atoms with van der Waals surface area (Å²) in [4.78, 5) is 39.3. The molecule has 1 aromatic heterocycles. The Labute approximate surface area is 203 Å². The van der Waals surface area contributed by atoms with Crippen molar-refractivity contribution < 1.29 is 23.8 Å². The van der Waals surface area contributed by atoms with E-state index in [-0.39, 0.29) is 17.5 Å². The van der Waals surface area contributed by atoms with Crippen LogP contribution in [0.1, 0.15) is 59.1 Å². The maximum absolute atomic E-state index is 13.4. The van der Waals surface area contributed by atoms with Gasteiger partial charge in [-0.15, -0.1) is 0 Å². The largest absolute Gasteiger partial charge is 0.358 e. The number of aromatic amines is 1. The first-order valence-electron chi connectivity index (χ1n) is 12.0. The molecule has 0 saturated carbocycles. The number of Topliss-reactive ketones (excluding diaryl/α,β-unsaturated/α-hetero) is 1. The van der Waals surface area contributed by atoms with E-state index in [2.05, 4.69) is 10.3 Å². The van der Waals surface area contributed by atoms with E-state index in [0.29, 0.717) is 38.0 Å². The van der Waals surface area contributed by atoms with Gasteiger partial charge in [0.25, 0.3) is 5.91 Å². The van der Waals surface area contributed by atoms with Crippen LogP contribution in [0.4, 0.5) is 10.1 Å². The maximum atomic E-state index is 13.4. The van der Waals surface area contributed by atoms with Crippen molar-refractivity contribution in [1.29, 1.82) is 0 Å². The molecule has 0 radical (unpaired) electrons. The minimum Gasteiger partial charge on any atom is -0.358 e. The van der Waals surface area contributed by atoms with Gasteiger partial charge in [0.2, 0.25) is 0 Å².